The van der Waals surface area contributed by atoms with Crippen LogP contribution in [0.4, 0.5) is 5.69 Å². The molecule has 2 aliphatic carbocycles. The molecule has 28 heavy (non-hydrogen) atoms. The predicted molar refractivity (Wildman–Crippen MR) is 113 cm³/mol. The first-order chi connectivity index (χ1) is 13.6. The number of hydrogen-bond donors (Lipinski definition) is 0. The van der Waals surface area contributed by atoms with Crippen molar-refractivity contribution in [3.8, 4) is 11.1 Å². The number of rotatable bonds is 2. The van der Waals surface area contributed by atoms with Crippen LogP contribution in [0.5, 0.6) is 0 Å². The standard InChI is InChI=1S/C25H21NO2/c1-16-6-12-22(18-7-10-19(11-8-18)26(27)28)25-20(16)14-15-23-21-5-3-2-4-17(21)9-13-24(23)25/h2-5,7-8,10-11,13-16H,6,9,12H2,1H3. The van der Waals surface area contributed by atoms with Gasteiger partial charge in [0.15, 0.2) is 0 Å². The minimum absolute atomic E-state index is 0.143. The Morgan fingerprint density at radius 1 is 0.964 bits per heavy atom. The van der Waals surface area contributed by atoms with Gasteiger partial charge in [-0.1, -0.05) is 49.4 Å². The fourth-order valence-electron chi connectivity index (χ4n) is 4.72. The molecule has 3 aromatic carbocycles. The first kappa shape index (κ1) is 16.9. The summed E-state index contributed by atoms with van der Waals surface area (Å²) in [5.41, 5.74) is 7.95. The van der Waals surface area contributed by atoms with Crippen LogP contribution in [-0.4, -0.2) is 4.92 Å². The van der Waals surface area contributed by atoms with Gasteiger partial charge in [0.25, 0.3) is 5.69 Å². The van der Waals surface area contributed by atoms with Crippen LogP contribution >= 0.6 is 0 Å². The molecule has 3 aromatic rings. The SMILES string of the molecule is CC1CCC(c2ccc([N+](=O)[O-])cc2)=c2c1ccc1c2=CCc2ccccc2-1. The number of nitro groups is 1. The van der Waals surface area contributed by atoms with E-state index in [1.807, 2.05) is 12.1 Å². The molecular weight excluding hydrogens is 346 g/mol. The van der Waals surface area contributed by atoms with Crippen LogP contribution < -0.4 is 10.4 Å². The second kappa shape index (κ2) is 6.45. The van der Waals surface area contributed by atoms with Gasteiger partial charge in [-0.2, -0.15) is 0 Å². The highest BCUT2D eigenvalue weighted by molar-refractivity contribution is 5.77. The number of non-ortho nitro benzene ring substituents is 1. The molecule has 0 aliphatic heterocycles. The maximum Gasteiger partial charge on any atom is 0.269 e. The molecule has 5 rings (SSSR count). The lowest BCUT2D eigenvalue weighted by Crippen LogP contribution is -2.37. The molecular formula is C25H21NO2. The molecule has 0 spiro atoms. The summed E-state index contributed by atoms with van der Waals surface area (Å²) in [5, 5.41) is 13.7. The Labute approximate surface area is 163 Å². The van der Waals surface area contributed by atoms with Gasteiger partial charge >= 0.3 is 0 Å². The van der Waals surface area contributed by atoms with Crippen LogP contribution in [0.15, 0.2) is 60.7 Å². The largest absolute Gasteiger partial charge is 0.269 e. The van der Waals surface area contributed by atoms with Gasteiger partial charge in [0.1, 0.15) is 0 Å². The molecule has 1 unspecified atom stereocenters. The summed E-state index contributed by atoms with van der Waals surface area (Å²) in [7, 11) is 0. The van der Waals surface area contributed by atoms with E-state index < -0.39 is 0 Å². The molecule has 1 atom stereocenters. The second-order valence-electron chi connectivity index (χ2n) is 7.78. The third-order valence-corrected chi connectivity index (χ3v) is 6.20. The second-order valence-corrected chi connectivity index (χ2v) is 7.78. The van der Waals surface area contributed by atoms with Crippen molar-refractivity contribution in [2.45, 2.75) is 32.1 Å². The summed E-state index contributed by atoms with van der Waals surface area (Å²) in [6.07, 6.45) is 5.41. The highest BCUT2D eigenvalue weighted by atomic mass is 16.6. The fourth-order valence-corrected chi connectivity index (χ4v) is 4.72. The van der Waals surface area contributed by atoms with Crippen LogP contribution in [0, 0.1) is 10.1 Å². The molecule has 3 heteroatoms. The van der Waals surface area contributed by atoms with Gasteiger partial charge in [-0.25, -0.2) is 0 Å². The molecule has 2 aliphatic rings. The number of nitro benzene ring substituents is 1. The van der Waals surface area contributed by atoms with Crippen LogP contribution in [0.25, 0.3) is 22.8 Å². The lowest BCUT2D eigenvalue weighted by Gasteiger charge is -2.25. The Morgan fingerprint density at radius 2 is 1.75 bits per heavy atom. The molecule has 3 nitrogen and oxygen atoms in total. The normalized spacial score (nSPS) is 17.2. The van der Waals surface area contributed by atoms with Crippen LogP contribution in [0.1, 0.15) is 42.4 Å². The zero-order chi connectivity index (χ0) is 19.3. The molecule has 0 saturated heterocycles. The van der Waals surface area contributed by atoms with Gasteiger partial charge in [-0.3, -0.25) is 10.1 Å². The van der Waals surface area contributed by atoms with Gasteiger partial charge in [-0.15, -0.1) is 0 Å². The van der Waals surface area contributed by atoms with E-state index in [0.29, 0.717) is 5.92 Å². The minimum atomic E-state index is -0.335. The third kappa shape index (κ3) is 2.58. The lowest BCUT2D eigenvalue weighted by molar-refractivity contribution is -0.384. The van der Waals surface area contributed by atoms with Crippen molar-refractivity contribution in [1.29, 1.82) is 0 Å². The first-order valence-corrected chi connectivity index (χ1v) is 9.83. The molecule has 0 heterocycles. The predicted octanol–water partition coefficient (Wildman–Crippen LogP) is 4.69. The van der Waals surface area contributed by atoms with E-state index in [1.54, 1.807) is 12.1 Å². The molecule has 0 saturated carbocycles. The number of benzene rings is 3. The van der Waals surface area contributed by atoms with Gasteiger partial charge in [-0.05, 0) is 81.1 Å². The van der Waals surface area contributed by atoms with Gasteiger partial charge in [0.05, 0.1) is 4.92 Å². The van der Waals surface area contributed by atoms with Gasteiger partial charge < -0.3 is 0 Å². The highest BCUT2D eigenvalue weighted by Gasteiger charge is 2.22. The number of hydrogen-bond acceptors (Lipinski definition) is 2. The third-order valence-electron chi connectivity index (χ3n) is 6.20. The van der Waals surface area contributed by atoms with E-state index in [2.05, 4.69) is 49.4 Å². The quantitative estimate of drug-likeness (QED) is 0.487. The smallest absolute Gasteiger partial charge is 0.258 e. The van der Waals surface area contributed by atoms with Crippen molar-refractivity contribution in [2.24, 2.45) is 0 Å². The van der Waals surface area contributed by atoms with Crippen LogP contribution in [0.3, 0.4) is 0 Å². The summed E-state index contributed by atoms with van der Waals surface area (Å²) in [6.45, 7) is 2.30. The summed E-state index contributed by atoms with van der Waals surface area (Å²) >= 11 is 0. The number of nitrogens with zero attached hydrogens (tertiary/aromatic N) is 1. The molecule has 0 N–H and O–H groups in total. The van der Waals surface area contributed by atoms with Crippen molar-refractivity contribution in [3.05, 3.63) is 97.9 Å². The summed E-state index contributed by atoms with van der Waals surface area (Å²) in [6, 6.07) is 20.2. The average molecular weight is 367 g/mol. The van der Waals surface area contributed by atoms with E-state index >= 15 is 0 Å². The Kier molecular flexibility index (Phi) is 3.90. The molecule has 0 fully saturated rings. The summed E-state index contributed by atoms with van der Waals surface area (Å²) in [4.78, 5) is 10.7. The fraction of sp³-hybridized carbons (Fsp3) is 0.200. The maximum atomic E-state index is 11.0. The van der Waals surface area contributed by atoms with E-state index in [1.165, 1.54) is 38.3 Å². The Hall–Kier alpha value is -3.20. The summed E-state index contributed by atoms with van der Waals surface area (Å²) < 4.78 is 0. The van der Waals surface area contributed by atoms with Crippen molar-refractivity contribution >= 4 is 17.3 Å². The first-order valence-electron chi connectivity index (χ1n) is 9.83. The Morgan fingerprint density at radius 3 is 2.54 bits per heavy atom. The molecule has 0 radical (unpaired) electrons. The van der Waals surface area contributed by atoms with Crippen molar-refractivity contribution in [1.82, 2.24) is 0 Å². The van der Waals surface area contributed by atoms with Crippen LogP contribution in [0.2, 0.25) is 0 Å². The zero-order valence-corrected chi connectivity index (χ0v) is 15.8. The monoisotopic (exact) mass is 367 g/mol. The molecule has 0 amide bonds. The average Bonchev–Trinajstić information content (AvgIpc) is 2.73. The Bertz CT molecular complexity index is 1220. The highest BCUT2D eigenvalue weighted by Crippen LogP contribution is 2.32. The number of fused-ring (bicyclic) bond motifs is 5. The van der Waals surface area contributed by atoms with E-state index in [4.69, 9.17) is 0 Å². The molecule has 0 bridgehead atoms. The van der Waals surface area contributed by atoms with Crippen LogP contribution in [-0.2, 0) is 6.42 Å². The van der Waals surface area contributed by atoms with Crippen molar-refractivity contribution in [2.75, 3.05) is 0 Å². The Balaban J connectivity index is 1.82. The summed E-state index contributed by atoms with van der Waals surface area (Å²) in [5.74, 6) is 0.521. The van der Waals surface area contributed by atoms with Gasteiger partial charge in [0, 0.05) is 12.1 Å². The topological polar surface area (TPSA) is 43.1 Å². The van der Waals surface area contributed by atoms with E-state index in [9.17, 15) is 10.1 Å². The minimum Gasteiger partial charge on any atom is -0.258 e. The van der Waals surface area contributed by atoms with Gasteiger partial charge in [0.2, 0.25) is 0 Å². The van der Waals surface area contributed by atoms with Crippen molar-refractivity contribution in [3.63, 3.8) is 0 Å². The lowest BCUT2D eigenvalue weighted by atomic mass is 9.79. The van der Waals surface area contributed by atoms with E-state index in [0.717, 1.165) is 24.8 Å². The van der Waals surface area contributed by atoms with E-state index in [-0.39, 0.29) is 10.6 Å². The van der Waals surface area contributed by atoms with Crippen molar-refractivity contribution < 1.29 is 4.92 Å². The maximum absolute atomic E-state index is 11.0. The zero-order valence-electron chi connectivity index (χ0n) is 15.8. The molecule has 138 valence electrons. The molecule has 0 aromatic heterocycles.